The minimum absolute atomic E-state index is 0.131. The number of aryl methyl sites for hydroxylation is 1. The van der Waals surface area contributed by atoms with Crippen molar-refractivity contribution in [1.82, 2.24) is 5.16 Å². The van der Waals surface area contributed by atoms with Gasteiger partial charge in [0.1, 0.15) is 0 Å². The molecule has 0 saturated carbocycles. The largest absolute Gasteiger partial charge is 0.360 e. The van der Waals surface area contributed by atoms with Crippen molar-refractivity contribution in [2.24, 2.45) is 0 Å². The molecule has 1 rings (SSSR count). The second-order valence-electron chi connectivity index (χ2n) is 1.62. The molecule has 0 saturated heterocycles. The first-order valence-electron chi connectivity index (χ1n) is 2.56. The summed E-state index contributed by atoms with van der Waals surface area (Å²) in [6.07, 6.45) is 1.49. The van der Waals surface area contributed by atoms with Crippen LogP contribution in [-0.2, 0) is 6.42 Å². The van der Waals surface area contributed by atoms with E-state index in [0.717, 1.165) is 0 Å². The second kappa shape index (κ2) is 2.48. The molecule has 4 heteroatoms. The lowest BCUT2D eigenvalue weighted by molar-refractivity contribution is 0.389. The van der Waals surface area contributed by atoms with Gasteiger partial charge in [0.25, 0.3) is 0 Å². The Hall–Kier alpha value is -1.06. The summed E-state index contributed by atoms with van der Waals surface area (Å²) in [6, 6.07) is 0. The van der Waals surface area contributed by atoms with Crippen LogP contribution in [-0.4, -0.2) is 11.8 Å². The van der Waals surface area contributed by atoms with E-state index in [9.17, 15) is 9.18 Å². The fourth-order valence-corrected chi connectivity index (χ4v) is 0.555. The lowest BCUT2D eigenvalue weighted by Gasteiger charge is -1.80. The van der Waals surface area contributed by atoms with Crippen LogP contribution in [0.3, 0.4) is 0 Å². The molecule has 0 amide bonds. The van der Waals surface area contributed by atoms with Gasteiger partial charge in [0.2, 0.25) is 0 Å². The fourth-order valence-electron chi connectivity index (χ4n) is 0.555. The summed E-state index contributed by atoms with van der Waals surface area (Å²) in [5.74, 6) is 0. The minimum atomic E-state index is -0.525. The lowest BCUT2D eigenvalue weighted by atomic mass is 10.3. The maximum absolute atomic E-state index is 11.5. The van der Waals surface area contributed by atoms with E-state index in [1.165, 1.54) is 6.20 Å². The second-order valence-corrected chi connectivity index (χ2v) is 1.62. The molecule has 0 atom stereocenters. The highest BCUT2D eigenvalue weighted by molar-refractivity contribution is 5.00. The number of aromatic nitrogens is 1. The standard InChI is InChI=1S/C5H6FNO2/c6-2-1-4-3-7-9-5(4)8/h3,7H,1-2H2. The van der Waals surface area contributed by atoms with E-state index in [4.69, 9.17) is 0 Å². The molecule has 3 nitrogen and oxygen atoms in total. The highest BCUT2D eigenvalue weighted by Crippen LogP contribution is 1.89. The van der Waals surface area contributed by atoms with Crippen molar-refractivity contribution in [1.29, 1.82) is 0 Å². The van der Waals surface area contributed by atoms with E-state index < -0.39 is 12.3 Å². The van der Waals surface area contributed by atoms with Crippen LogP contribution in [0.25, 0.3) is 0 Å². The lowest BCUT2D eigenvalue weighted by Crippen LogP contribution is -2.01. The number of H-pyrrole nitrogens is 1. The average Bonchev–Trinajstić information content (AvgIpc) is 2.18. The molecule has 0 aliphatic rings. The molecule has 0 fully saturated rings. The normalized spacial score (nSPS) is 9.89. The number of hydrogen-bond acceptors (Lipinski definition) is 2. The summed E-state index contributed by atoms with van der Waals surface area (Å²) in [7, 11) is 0. The zero-order valence-corrected chi connectivity index (χ0v) is 4.69. The fraction of sp³-hybridized carbons (Fsp3) is 0.400. The first-order chi connectivity index (χ1) is 4.34. The van der Waals surface area contributed by atoms with Gasteiger partial charge in [-0.15, -0.1) is 0 Å². The number of nitrogens with one attached hydrogen (secondary N) is 1. The highest BCUT2D eigenvalue weighted by Gasteiger charge is 1.99. The van der Waals surface area contributed by atoms with Crippen molar-refractivity contribution in [3.8, 4) is 0 Å². The van der Waals surface area contributed by atoms with E-state index in [2.05, 4.69) is 9.68 Å². The minimum Gasteiger partial charge on any atom is -0.339 e. The molecule has 0 aliphatic heterocycles. The smallest absolute Gasteiger partial charge is 0.339 e. The van der Waals surface area contributed by atoms with Crippen molar-refractivity contribution < 1.29 is 8.91 Å². The van der Waals surface area contributed by atoms with Gasteiger partial charge in [-0.1, -0.05) is 0 Å². The molecular formula is C5H6FNO2. The predicted molar refractivity (Wildman–Crippen MR) is 29.0 cm³/mol. The van der Waals surface area contributed by atoms with Crippen LogP contribution in [0.5, 0.6) is 0 Å². The molecule has 50 valence electrons. The molecule has 1 N–H and O–H groups in total. The predicted octanol–water partition coefficient (Wildman–Crippen LogP) is 0.480. The molecule has 0 aliphatic carbocycles. The highest BCUT2D eigenvalue weighted by atomic mass is 19.1. The number of halogens is 1. The summed E-state index contributed by atoms with van der Waals surface area (Å²) in [4.78, 5) is 10.4. The molecule has 0 radical (unpaired) electrons. The Morgan fingerprint density at radius 1 is 1.78 bits per heavy atom. The zero-order chi connectivity index (χ0) is 6.69. The van der Waals surface area contributed by atoms with Crippen LogP contribution in [0.1, 0.15) is 5.56 Å². The number of aromatic amines is 1. The Labute approximate surface area is 50.5 Å². The Kier molecular flexibility index (Phi) is 1.67. The number of alkyl halides is 1. The molecule has 9 heavy (non-hydrogen) atoms. The van der Waals surface area contributed by atoms with Crippen LogP contribution in [0.2, 0.25) is 0 Å². The third-order valence-electron chi connectivity index (χ3n) is 1.01. The van der Waals surface area contributed by atoms with Gasteiger partial charge in [0.05, 0.1) is 12.2 Å². The van der Waals surface area contributed by atoms with E-state index in [-0.39, 0.29) is 6.42 Å². The third-order valence-corrected chi connectivity index (χ3v) is 1.01. The number of rotatable bonds is 2. The van der Waals surface area contributed by atoms with E-state index in [1.807, 2.05) is 0 Å². The van der Waals surface area contributed by atoms with Crippen LogP contribution < -0.4 is 5.63 Å². The molecule has 0 unspecified atom stereocenters. The molecule has 0 aromatic carbocycles. The van der Waals surface area contributed by atoms with Crippen LogP contribution in [0.15, 0.2) is 15.5 Å². The molecule has 0 spiro atoms. The zero-order valence-electron chi connectivity index (χ0n) is 4.69. The summed E-state index contributed by atoms with van der Waals surface area (Å²) in [6.45, 7) is -0.525. The molecule has 0 bridgehead atoms. The van der Waals surface area contributed by atoms with Gasteiger partial charge >= 0.3 is 5.63 Å². The quantitative estimate of drug-likeness (QED) is 0.634. The van der Waals surface area contributed by atoms with Crippen molar-refractivity contribution in [2.45, 2.75) is 6.42 Å². The van der Waals surface area contributed by atoms with Crippen molar-refractivity contribution in [2.75, 3.05) is 6.67 Å². The topological polar surface area (TPSA) is 46.0 Å². The molecule has 1 heterocycles. The maximum atomic E-state index is 11.5. The van der Waals surface area contributed by atoms with Gasteiger partial charge in [-0.05, 0) is 0 Å². The van der Waals surface area contributed by atoms with E-state index in [1.54, 1.807) is 0 Å². The Morgan fingerprint density at radius 3 is 3.00 bits per heavy atom. The van der Waals surface area contributed by atoms with E-state index >= 15 is 0 Å². The van der Waals surface area contributed by atoms with Crippen molar-refractivity contribution >= 4 is 0 Å². The van der Waals surface area contributed by atoms with Crippen LogP contribution in [0.4, 0.5) is 4.39 Å². The van der Waals surface area contributed by atoms with Gasteiger partial charge in [-0.25, -0.2) is 9.95 Å². The first kappa shape index (κ1) is 6.07. The van der Waals surface area contributed by atoms with Crippen molar-refractivity contribution in [3.05, 3.63) is 22.2 Å². The molecular weight excluding hydrogens is 125 g/mol. The Balaban J connectivity index is 2.81. The van der Waals surface area contributed by atoms with Gasteiger partial charge in [-0.2, -0.15) is 0 Å². The van der Waals surface area contributed by atoms with E-state index in [0.29, 0.717) is 5.56 Å². The van der Waals surface area contributed by atoms with Gasteiger partial charge in [-0.3, -0.25) is 4.39 Å². The van der Waals surface area contributed by atoms with Crippen LogP contribution in [0, 0.1) is 0 Å². The third kappa shape index (κ3) is 1.19. The molecule has 1 aromatic rings. The molecule has 1 aromatic heterocycles. The summed E-state index contributed by atoms with van der Waals surface area (Å²) in [5, 5.41) is 2.23. The number of hydrogen-bond donors (Lipinski definition) is 1. The van der Waals surface area contributed by atoms with Crippen molar-refractivity contribution in [3.63, 3.8) is 0 Å². The summed E-state index contributed by atoms with van der Waals surface area (Å²) in [5.41, 5.74) is -0.120. The monoisotopic (exact) mass is 131 g/mol. The Bertz CT molecular complexity index is 227. The van der Waals surface area contributed by atoms with Gasteiger partial charge in [0.15, 0.2) is 0 Å². The van der Waals surface area contributed by atoms with Gasteiger partial charge < -0.3 is 4.52 Å². The van der Waals surface area contributed by atoms with Gasteiger partial charge in [0, 0.05) is 12.6 Å². The summed E-state index contributed by atoms with van der Waals surface area (Å²) >= 11 is 0. The summed E-state index contributed by atoms with van der Waals surface area (Å²) < 4.78 is 15.8. The van der Waals surface area contributed by atoms with Crippen LogP contribution >= 0.6 is 0 Å². The maximum Gasteiger partial charge on any atom is 0.360 e. The average molecular weight is 131 g/mol. The first-order valence-corrected chi connectivity index (χ1v) is 2.56. The Morgan fingerprint density at radius 2 is 2.56 bits per heavy atom. The SMILES string of the molecule is O=c1o[nH]cc1CCF.